The molecule has 0 spiro atoms. The lowest BCUT2D eigenvalue weighted by molar-refractivity contribution is -0.385. The highest BCUT2D eigenvalue weighted by atomic mass is 35.5. The molecule has 2 aromatic heterocycles. The second-order valence-corrected chi connectivity index (χ2v) is 5.62. The van der Waals surface area contributed by atoms with Crippen molar-refractivity contribution in [3.63, 3.8) is 0 Å². The Morgan fingerprint density at radius 1 is 1.40 bits per heavy atom. The first-order valence-electron chi connectivity index (χ1n) is 5.69. The van der Waals surface area contributed by atoms with Gasteiger partial charge in [-0.25, -0.2) is 9.97 Å². The van der Waals surface area contributed by atoms with Crippen molar-refractivity contribution in [2.24, 2.45) is 0 Å². The Morgan fingerprint density at radius 3 is 2.65 bits per heavy atom. The van der Waals surface area contributed by atoms with Gasteiger partial charge < -0.3 is 4.90 Å². The van der Waals surface area contributed by atoms with E-state index < -0.39 is 4.92 Å². The van der Waals surface area contributed by atoms with Gasteiger partial charge in [-0.1, -0.05) is 0 Å². The zero-order valence-electron chi connectivity index (χ0n) is 11.1. The molecule has 0 unspecified atom stereocenters. The van der Waals surface area contributed by atoms with Crippen LogP contribution in [0, 0.1) is 24.0 Å². The lowest BCUT2D eigenvalue weighted by Gasteiger charge is -2.17. The van der Waals surface area contributed by atoms with E-state index >= 15 is 0 Å². The van der Waals surface area contributed by atoms with E-state index in [4.69, 9.17) is 11.6 Å². The van der Waals surface area contributed by atoms with Crippen molar-refractivity contribution in [2.45, 2.75) is 20.4 Å². The Hall–Kier alpha value is -1.80. The molecule has 0 saturated carbocycles. The third-order valence-corrected chi connectivity index (χ3v) is 3.61. The molecular weight excluding hydrogens is 302 g/mol. The molecule has 0 N–H and O–H groups in total. The minimum atomic E-state index is -0.496. The minimum Gasteiger partial charge on any atom is -0.348 e. The Morgan fingerprint density at radius 2 is 2.10 bits per heavy atom. The van der Waals surface area contributed by atoms with Crippen LogP contribution in [0.25, 0.3) is 0 Å². The van der Waals surface area contributed by atoms with Crippen LogP contribution in [0.1, 0.15) is 16.4 Å². The maximum Gasteiger partial charge on any atom is 0.332 e. The molecule has 2 heterocycles. The average Bonchev–Trinajstić information content (AvgIpc) is 2.72. The number of hydrogen-bond donors (Lipinski definition) is 0. The normalized spacial score (nSPS) is 10.6. The summed E-state index contributed by atoms with van der Waals surface area (Å²) in [7, 11) is 1.71. The number of halogens is 1. The predicted molar refractivity (Wildman–Crippen MR) is 77.4 cm³/mol. The summed E-state index contributed by atoms with van der Waals surface area (Å²) in [5.74, 6) is 0.193. The van der Waals surface area contributed by atoms with Gasteiger partial charge in [-0.15, -0.1) is 11.3 Å². The van der Waals surface area contributed by atoms with Gasteiger partial charge in [-0.2, -0.15) is 4.98 Å². The van der Waals surface area contributed by atoms with Crippen molar-refractivity contribution in [3.05, 3.63) is 37.2 Å². The Balaban J connectivity index is 2.38. The number of nitro groups is 1. The highest BCUT2D eigenvalue weighted by molar-refractivity contribution is 7.09. The fourth-order valence-electron chi connectivity index (χ4n) is 1.80. The van der Waals surface area contributed by atoms with Crippen LogP contribution >= 0.6 is 22.9 Å². The number of hydrogen-bond acceptors (Lipinski definition) is 7. The molecule has 0 bridgehead atoms. The van der Waals surface area contributed by atoms with Crippen LogP contribution < -0.4 is 4.90 Å². The molecule has 2 rings (SSSR count). The highest BCUT2D eigenvalue weighted by Crippen LogP contribution is 2.29. The molecule has 106 valence electrons. The van der Waals surface area contributed by atoms with E-state index in [0.717, 1.165) is 10.7 Å². The third kappa shape index (κ3) is 3.02. The molecule has 0 aliphatic heterocycles. The molecular formula is C11H12ClN5O2S. The van der Waals surface area contributed by atoms with Gasteiger partial charge in [0.1, 0.15) is 5.69 Å². The van der Waals surface area contributed by atoms with E-state index in [9.17, 15) is 10.1 Å². The van der Waals surface area contributed by atoms with Crippen molar-refractivity contribution in [3.8, 4) is 0 Å². The summed E-state index contributed by atoms with van der Waals surface area (Å²) in [5, 5.41) is 14.0. The van der Waals surface area contributed by atoms with E-state index in [1.807, 2.05) is 12.3 Å². The summed E-state index contributed by atoms with van der Waals surface area (Å²) in [6.45, 7) is 3.86. The van der Waals surface area contributed by atoms with Crippen molar-refractivity contribution in [2.75, 3.05) is 11.9 Å². The molecule has 2 aromatic rings. The zero-order chi connectivity index (χ0) is 14.9. The van der Waals surface area contributed by atoms with Crippen LogP contribution in [-0.2, 0) is 6.54 Å². The molecule has 0 amide bonds. The fraction of sp³-hybridized carbons (Fsp3) is 0.364. The summed E-state index contributed by atoms with van der Waals surface area (Å²) in [6.07, 6.45) is 0. The molecule has 0 aliphatic carbocycles. The lowest BCUT2D eigenvalue weighted by atomic mass is 10.3. The summed E-state index contributed by atoms with van der Waals surface area (Å²) in [6, 6.07) is 0. The fourth-order valence-corrected chi connectivity index (χ4v) is 2.61. The van der Waals surface area contributed by atoms with Gasteiger partial charge in [0, 0.05) is 12.4 Å². The first-order valence-corrected chi connectivity index (χ1v) is 6.95. The van der Waals surface area contributed by atoms with Crippen LogP contribution in [0.4, 0.5) is 11.5 Å². The molecule has 20 heavy (non-hydrogen) atoms. The van der Waals surface area contributed by atoms with Gasteiger partial charge in [0.2, 0.25) is 11.1 Å². The van der Waals surface area contributed by atoms with Crippen LogP contribution in [0.15, 0.2) is 5.38 Å². The molecule has 0 atom stereocenters. The topological polar surface area (TPSA) is 85.0 Å². The zero-order valence-corrected chi connectivity index (χ0v) is 12.7. The Kier molecular flexibility index (Phi) is 4.15. The summed E-state index contributed by atoms with van der Waals surface area (Å²) < 4.78 is 0. The largest absolute Gasteiger partial charge is 0.348 e. The average molecular weight is 314 g/mol. The molecule has 0 radical (unpaired) electrons. The van der Waals surface area contributed by atoms with Gasteiger partial charge >= 0.3 is 5.69 Å². The van der Waals surface area contributed by atoms with Crippen LogP contribution in [0.3, 0.4) is 0 Å². The van der Waals surface area contributed by atoms with E-state index in [0.29, 0.717) is 6.54 Å². The van der Waals surface area contributed by atoms with Crippen molar-refractivity contribution in [1.29, 1.82) is 0 Å². The number of aryl methyl sites for hydroxylation is 2. The van der Waals surface area contributed by atoms with Crippen LogP contribution in [-0.4, -0.2) is 26.9 Å². The second-order valence-electron chi connectivity index (χ2n) is 4.22. The van der Waals surface area contributed by atoms with E-state index in [-0.39, 0.29) is 22.5 Å². The van der Waals surface area contributed by atoms with Gasteiger partial charge in [0.15, 0.2) is 0 Å². The van der Waals surface area contributed by atoms with Crippen molar-refractivity contribution in [1.82, 2.24) is 15.0 Å². The predicted octanol–water partition coefficient (Wildman–Crippen LogP) is 2.75. The maximum absolute atomic E-state index is 11.2. The molecule has 0 saturated heterocycles. The number of rotatable bonds is 4. The first kappa shape index (κ1) is 14.6. The van der Waals surface area contributed by atoms with Gasteiger partial charge in [-0.05, 0) is 25.4 Å². The number of anilines is 1. The molecule has 7 nitrogen and oxygen atoms in total. The first-order chi connectivity index (χ1) is 9.38. The second kappa shape index (κ2) is 5.68. The van der Waals surface area contributed by atoms with E-state index in [1.54, 1.807) is 11.9 Å². The molecule has 0 aliphatic rings. The third-order valence-electron chi connectivity index (χ3n) is 2.62. The quantitative estimate of drug-likeness (QED) is 0.490. The smallest absolute Gasteiger partial charge is 0.332 e. The number of aromatic nitrogens is 3. The number of nitrogens with zero attached hydrogens (tertiary/aromatic N) is 5. The Bertz CT molecular complexity index is 660. The van der Waals surface area contributed by atoms with Crippen LogP contribution in [0.5, 0.6) is 0 Å². The van der Waals surface area contributed by atoms with Gasteiger partial charge in [0.25, 0.3) is 0 Å². The SMILES string of the molecule is Cc1nc(CN(C)c2nc(Cl)nc(C)c2[N+](=O)[O-])cs1. The van der Waals surface area contributed by atoms with Crippen LogP contribution in [0.2, 0.25) is 5.28 Å². The maximum atomic E-state index is 11.2. The lowest BCUT2D eigenvalue weighted by Crippen LogP contribution is -2.20. The summed E-state index contributed by atoms with van der Waals surface area (Å²) >= 11 is 7.32. The summed E-state index contributed by atoms with van der Waals surface area (Å²) in [4.78, 5) is 24.4. The van der Waals surface area contributed by atoms with Crippen molar-refractivity contribution < 1.29 is 4.92 Å². The summed E-state index contributed by atoms with van der Waals surface area (Å²) in [5.41, 5.74) is 0.937. The minimum absolute atomic E-state index is 0.00981. The molecule has 0 fully saturated rings. The monoisotopic (exact) mass is 313 g/mol. The molecule has 0 aromatic carbocycles. The standard InChI is InChI=1S/C11H12ClN5O2S/c1-6-9(17(18)19)10(15-11(12)13-6)16(3)4-8-5-20-7(2)14-8/h5H,4H2,1-3H3. The van der Waals surface area contributed by atoms with Gasteiger partial charge in [0.05, 0.1) is 22.2 Å². The molecule has 9 heteroatoms. The van der Waals surface area contributed by atoms with Crippen molar-refractivity contribution >= 4 is 34.4 Å². The Labute approximate surface area is 124 Å². The van der Waals surface area contributed by atoms with E-state index in [1.165, 1.54) is 18.3 Å². The number of thiazole rings is 1. The van der Waals surface area contributed by atoms with E-state index in [2.05, 4.69) is 15.0 Å². The highest BCUT2D eigenvalue weighted by Gasteiger charge is 2.24. The van der Waals surface area contributed by atoms with Gasteiger partial charge in [-0.3, -0.25) is 10.1 Å².